The maximum Gasteiger partial charge on any atom is 0.407 e. The maximum absolute atomic E-state index is 12.9. The molecule has 0 heterocycles. The molecule has 2 amide bonds. The number of benzene rings is 3. The zero-order valence-corrected chi connectivity index (χ0v) is 51.2. The van der Waals surface area contributed by atoms with Crippen molar-refractivity contribution in [3.63, 3.8) is 0 Å². The summed E-state index contributed by atoms with van der Waals surface area (Å²) in [5.74, 6) is -0.632. The van der Waals surface area contributed by atoms with E-state index in [1.54, 1.807) is 49.2 Å². The van der Waals surface area contributed by atoms with Crippen molar-refractivity contribution in [3.8, 4) is 23.0 Å². The molecule has 0 fully saturated rings. The Kier molecular flexibility index (Phi) is 32.8. The van der Waals surface area contributed by atoms with Crippen LogP contribution >= 0.6 is 0 Å². The number of ether oxygens (including phenoxy) is 8. The number of hydrogen-bond acceptors (Lipinski definition) is 14. The van der Waals surface area contributed by atoms with Gasteiger partial charge < -0.3 is 69.0 Å². The van der Waals surface area contributed by atoms with Gasteiger partial charge >= 0.3 is 24.1 Å². The number of rotatable bonds is 36. The molecule has 3 aromatic rings. The minimum Gasteiger partial charge on any atom is -0.493 e. The molecule has 0 aliphatic carbocycles. The highest BCUT2D eigenvalue weighted by Gasteiger charge is 2.35. The molecule has 18 heteroatoms. The first-order valence-electron chi connectivity index (χ1n) is 28.6. The number of carboxylic acids is 2. The standard InChI is InChI=1S/C33H49NO8.C30H51NO8/c1-22(2)26(17-25-13-14-30(40-6)31(18-25)41-16-10-15-39-5)19-28(29(35)20-27(23(3)4)32(36)37)34-33(38)42-21-24-11-8-7-9-12-24;1-19(2)22(15-21-11-12-26(37-9)27(16-21)38-14-10-13-36-8)17-24(31-29(35)39-30(5,6)7)25(32)18-23(20(3)4)28(33)34/h7-9,11-14,18,22-23,26-29,35H,10,15-17,19-21H2,1-6H3,(H,34,38)(H,36,37);11-12,16,19-20,22-25,32H,10,13-15,17-18H2,1-9H3,(H,31,35)(H,33,34)/t26-,27-,28-,29-;22-,23-,24-,25-/m00/s1. The second kappa shape index (κ2) is 37.3. The number of carboxylic acid groups (broad SMARTS) is 2. The van der Waals surface area contributed by atoms with Gasteiger partial charge in [0.25, 0.3) is 0 Å². The van der Waals surface area contributed by atoms with Crippen molar-refractivity contribution in [2.75, 3.05) is 54.9 Å². The number of carbonyl (C=O) groups is 4. The van der Waals surface area contributed by atoms with Crippen molar-refractivity contribution in [1.29, 1.82) is 0 Å². The van der Waals surface area contributed by atoms with Gasteiger partial charge in [0, 0.05) is 40.3 Å². The van der Waals surface area contributed by atoms with Gasteiger partial charge in [0.15, 0.2) is 23.0 Å². The number of hydrogen-bond donors (Lipinski definition) is 6. The topological polar surface area (TPSA) is 247 Å². The highest BCUT2D eigenvalue weighted by molar-refractivity contribution is 5.71. The van der Waals surface area contributed by atoms with E-state index in [1.165, 1.54) is 0 Å². The summed E-state index contributed by atoms with van der Waals surface area (Å²) in [7, 11) is 6.51. The normalized spacial score (nSPS) is 14.6. The molecule has 8 atom stereocenters. The van der Waals surface area contributed by atoms with Gasteiger partial charge in [0.1, 0.15) is 12.2 Å². The quantitative estimate of drug-likeness (QED) is 0.0296. The third-order valence-electron chi connectivity index (χ3n) is 14.3. The number of alkyl carbamates (subject to hydrolysis) is 2. The van der Waals surface area contributed by atoms with Crippen LogP contribution in [0.1, 0.15) is 131 Å². The Morgan fingerprint density at radius 3 is 1.26 bits per heavy atom. The fraction of sp³-hybridized carbons (Fsp3) is 0.651. The maximum atomic E-state index is 12.9. The molecule has 0 spiro atoms. The largest absolute Gasteiger partial charge is 0.493 e. The zero-order valence-electron chi connectivity index (χ0n) is 51.2. The Balaban J connectivity index is 0.000000555. The number of amides is 2. The Bertz CT molecular complexity index is 2270. The third-order valence-corrected chi connectivity index (χ3v) is 14.3. The van der Waals surface area contributed by atoms with Crippen LogP contribution in [0.15, 0.2) is 66.7 Å². The first-order valence-corrected chi connectivity index (χ1v) is 28.6. The molecule has 0 bridgehead atoms. The van der Waals surface area contributed by atoms with Gasteiger partial charge in [-0.25, -0.2) is 9.59 Å². The number of aliphatic carboxylic acids is 2. The van der Waals surface area contributed by atoms with Crippen LogP contribution in [0.2, 0.25) is 0 Å². The molecular weight excluding hydrogens is 1040 g/mol. The fourth-order valence-corrected chi connectivity index (χ4v) is 9.30. The van der Waals surface area contributed by atoms with Crippen molar-refractivity contribution >= 4 is 24.1 Å². The molecule has 0 aliphatic heterocycles. The van der Waals surface area contributed by atoms with E-state index in [-0.39, 0.29) is 55.0 Å². The number of carbonyl (C=O) groups excluding carboxylic acids is 2. The number of methoxy groups -OCH3 is 4. The number of aliphatic hydroxyl groups excluding tert-OH is 2. The minimum absolute atomic E-state index is 0.0173. The number of nitrogens with one attached hydrogen (secondary N) is 2. The summed E-state index contributed by atoms with van der Waals surface area (Å²) in [5, 5.41) is 47.6. The van der Waals surface area contributed by atoms with Gasteiger partial charge in [-0.2, -0.15) is 0 Å². The second-order valence-electron chi connectivity index (χ2n) is 23.3. The van der Waals surface area contributed by atoms with Gasteiger partial charge in [0.05, 0.1) is 63.6 Å². The summed E-state index contributed by atoms with van der Waals surface area (Å²) in [5.41, 5.74) is 2.20. The fourth-order valence-electron chi connectivity index (χ4n) is 9.30. The summed E-state index contributed by atoms with van der Waals surface area (Å²) < 4.78 is 44.0. The molecular formula is C63H100N2O16. The molecule has 458 valence electrons. The van der Waals surface area contributed by atoms with Crippen molar-refractivity contribution in [1.82, 2.24) is 10.6 Å². The van der Waals surface area contributed by atoms with Crippen molar-refractivity contribution < 1.29 is 77.5 Å². The van der Waals surface area contributed by atoms with Gasteiger partial charge in [-0.1, -0.05) is 97.9 Å². The SMILES string of the molecule is COCCCOc1cc(C[C@@H](C[C@H](NC(=O)OC(C)(C)C)[C@@H](O)C[C@H](C(=O)O)C(C)C)C(C)C)ccc1OC.COCCCOc1cc(C[C@@H](C[C@H](NC(=O)OCc2ccccc2)[C@@H](O)C[C@H](C(=O)O)C(C)C)C(C)C)ccc1OC. The third kappa shape index (κ3) is 27.7. The number of aliphatic hydroxyl groups is 2. The van der Waals surface area contributed by atoms with E-state index >= 15 is 0 Å². The monoisotopic (exact) mass is 1140 g/mol. The first kappa shape index (κ1) is 71.3. The van der Waals surface area contributed by atoms with E-state index in [9.17, 15) is 39.6 Å². The Labute approximate surface area is 483 Å². The van der Waals surface area contributed by atoms with Crippen LogP contribution in [0.5, 0.6) is 23.0 Å². The Morgan fingerprint density at radius 1 is 0.506 bits per heavy atom. The molecule has 6 N–H and O–H groups in total. The average molecular weight is 1140 g/mol. The van der Waals surface area contributed by atoms with Gasteiger partial charge in [-0.3, -0.25) is 9.59 Å². The van der Waals surface area contributed by atoms with E-state index in [0.717, 1.165) is 29.5 Å². The van der Waals surface area contributed by atoms with Crippen LogP contribution in [-0.4, -0.2) is 129 Å². The predicted molar refractivity (Wildman–Crippen MR) is 313 cm³/mol. The summed E-state index contributed by atoms with van der Waals surface area (Å²) in [4.78, 5) is 49.3. The van der Waals surface area contributed by atoms with E-state index in [2.05, 4.69) is 38.3 Å². The van der Waals surface area contributed by atoms with Crippen molar-refractivity contribution in [2.45, 2.75) is 164 Å². The van der Waals surface area contributed by atoms with E-state index < -0.39 is 65.9 Å². The van der Waals surface area contributed by atoms with Crippen LogP contribution < -0.4 is 29.6 Å². The van der Waals surface area contributed by atoms with Crippen molar-refractivity contribution in [3.05, 3.63) is 83.4 Å². The van der Waals surface area contributed by atoms with Crippen LogP contribution in [0, 0.1) is 47.3 Å². The summed E-state index contributed by atoms with van der Waals surface area (Å²) in [6.07, 6.45) is 0.322. The van der Waals surface area contributed by atoms with Gasteiger partial charge in [-0.05, 0) is 136 Å². The first-order chi connectivity index (χ1) is 38.2. The predicted octanol–water partition coefficient (Wildman–Crippen LogP) is 11.0. The lowest BCUT2D eigenvalue weighted by atomic mass is 9.80. The average Bonchev–Trinajstić information content (AvgIpc) is 3.42. The molecule has 0 unspecified atom stereocenters. The van der Waals surface area contributed by atoms with Gasteiger partial charge in [-0.15, -0.1) is 0 Å². The van der Waals surface area contributed by atoms with Crippen LogP contribution in [0.4, 0.5) is 9.59 Å². The Hall–Kier alpha value is -5.82. The minimum atomic E-state index is -1.07. The van der Waals surface area contributed by atoms with Crippen molar-refractivity contribution in [2.24, 2.45) is 47.3 Å². The van der Waals surface area contributed by atoms with Crippen LogP contribution in [-0.2, 0) is 48.0 Å². The molecule has 18 nitrogen and oxygen atoms in total. The smallest absolute Gasteiger partial charge is 0.407 e. The zero-order chi connectivity index (χ0) is 60.8. The molecule has 3 aromatic carbocycles. The molecule has 0 aromatic heterocycles. The Morgan fingerprint density at radius 2 is 0.914 bits per heavy atom. The molecule has 3 rings (SSSR count). The van der Waals surface area contributed by atoms with Gasteiger partial charge in [0.2, 0.25) is 0 Å². The summed E-state index contributed by atoms with van der Waals surface area (Å²) in [6, 6.07) is 19.6. The van der Waals surface area contributed by atoms with E-state index in [1.807, 2.05) is 94.4 Å². The lowest BCUT2D eigenvalue weighted by Crippen LogP contribution is -2.48. The van der Waals surface area contributed by atoms with Crippen LogP contribution in [0.25, 0.3) is 0 Å². The second-order valence-corrected chi connectivity index (χ2v) is 23.3. The van der Waals surface area contributed by atoms with E-state index in [4.69, 9.17) is 37.9 Å². The molecule has 0 saturated heterocycles. The lowest BCUT2D eigenvalue weighted by Gasteiger charge is -2.32. The lowest BCUT2D eigenvalue weighted by molar-refractivity contribution is -0.145. The van der Waals surface area contributed by atoms with Crippen LogP contribution in [0.3, 0.4) is 0 Å². The highest BCUT2D eigenvalue weighted by Crippen LogP contribution is 2.34. The van der Waals surface area contributed by atoms with E-state index in [0.29, 0.717) is 75.1 Å². The summed E-state index contributed by atoms with van der Waals surface area (Å²) in [6.45, 7) is 23.3. The highest BCUT2D eigenvalue weighted by atomic mass is 16.6. The molecule has 81 heavy (non-hydrogen) atoms. The molecule has 0 aliphatic rings. The molecule has 0 saturated carbocycles. The summed E-state index contributed by atoms with van der Waals surface area (Å²) >= 11 is 0. The molecule has 0 radical (unpaired) electrons.